The highest BCUT2D eigenvalue weighted by molar-refractivity contribution is 5.41. The molecule has 1 aromatic carbocycles. The summed E-state index contributed by atoms with van der Waals surface area (Å²) < 4.78 is 5.95. The van der Waals surface area contributed by atoms with Gasteiger partial charge in [0.1, 0.15) is 11.4 Å². The second kappa shape index (κ2) is 6.00. The Bertz CT molecular complexity index is 488. The molecule has 1 aliphatic heterocycles. The van der Waals surface area contributed by atoms with Crippen LogP contribution in [0.25, 0.3) is 0 Å². The maximum Gasteiger partial charge on any atom is 0.123 e. The van der Waals surface area contributed by atoms with E-state index in [1.165, 1.54) is 43.2 Å². The van der Waals surface area contributed by atoms with Crippen molar-refractivity contribution < 1.29 is 4.74 Å². The molecule has 0 saturated heterocycles. The van der Waals surface area contributed by atoms with Gasteiger partial charge in [0.25, 0.3) is 0 Å². The minimum absolute atomic E-state index is 0.0379. The fourth-order valence-corrected chi connectivity index (χ4v) is 3.85. The predicted octanol–water partition coefficient (Wildman–Crippen LogP) is 4.46. The van der Waals surface area contributed by atoms with Gasteiger partial charge in [-0.2, -0.15) is 0 Å². The Kier molecular flexibility index (Phi) is 4.26. The zero-order chi connectivity index (χ0) is 14.9. The molecule has 0 unspecified atom stereocenters. The molecule has 2 heteroatoms. The molecule has 1 fully saturated rings. The molecule has 1 N–H and O–H groups in total. The minimum Gasteiger partial charge on any atom is -0.487 e. The molecule has 0 radical (unpaired) electrons. The van der Waals surface area contributed by atoms with Crippen LogP contribution in [0.1, 0.15) is 64.0 Å². The molecule has 2 aliphatic rings. The van der Waals surface area contributed by atoms with Crippen LogP contribution in [-0.4, -0.2) is 11.6 Å². The summed E-state index contributed by atoms with van der Waals surface area (Å²) in [5.74, 6) is 1.94. The topological polar surface area (TPSA) is 21.3 Å². The first-order chi connectivity index (χ1) is 10.0. The normalized spacial score (nSPS) is 22.6. The van der Waals surface area contributed by atoms with Gasteiger partial charge in [0.05, 0.1) is 0 Å². The second-order valence-electron chi connectivity index (χ2n) is 7.55. The van der Waals surface area contributed by atoms with E-state index in [4.69, 9.17) is 4.74 Å². The smallest absolute Gasteiger partial charge is 0.123 e. The second-order valence-corrected chi connectivity index (χ2v) is 7.55. The fourth-order valence-electron chi connectivity index (χ4n) is 3.85. The molecule has 116 valence electrons. The van der Waals surface area contributed by atoms with Crippen LogP contribution in [0.4, 0.5) is 0 Å². The summed E-state index contributed by atoms with van der Waals surface area (Å²) in [7, 11) is 0. The lowest BCUT2D eigenvalue weighted by atomic mass is 9.84. The van der Waals surface area contributed by atoms with E-state index in [0.717, 1.165) is 24.6 Å². The molecule has 1 aromatic rings. The Morgan fingerprint density at radius 3 is 2.76 bits per heavy atom. The van der Waals surface area contributed by atoms with Gasteiger partial charge in [0.2, 0.25) is 0 Å². The van der Waals surface area contributed by atoms with Crippen LogP contribution in [-0.2, 0) is 13.0 Å². The maximum atomic E-state index is 5.95. The molecule has 2 nitrogen and oxygen atoms in total. The third-order valence-corrected chi connectivity index (χ3v) is 5.11. The molecule has 21 heavy (non-hydrogen) atoms. The van der Waals surface area contributed by atoms with Crippen LogP contribution in [0.15, 0.2) is 18.2 Å². The van der Waals surface area contributed by atoms with Crippen molar-refractivity contribution in [3.8, 4) is 5.75 Å². The van der Waals surface area contributed by atoms with E-state index in [0.29, 0.717) is 6.04 Å². The Hall–Kier alpha value is -1.02. The average Bonchev–Trinajstić information content (AvgIpc) is 2.78. The SMILES string of the molecule is C[C@@H](NCc1ccc2c(c1)CC(C)(C)O2)C1CCCCC1. The molecule has 1 heterocycles. The summed E-state index contributed by atoms with van der Waals surface area (Å²) >= 11 is 0. The van der Waals surface area contributed by atoms with Crippen LogP contribution >= 0.6 is 0 Å². The van der Waals surface area contributed by atoms with Crippen molar-refractivity contribution in [1.29, 1.82) is 0 Å². The van der Waals surface area contributed by atoms with Gasteiger partial charge in [-0.1, -0.05) is 31.4 Å². The van der Waals surface area contributed by atoms with Crippen LogP contribution in [0.2, 0.25) is 0 Å². The van der Waals surface area contributed by atoms with E-state index in [2.05, 4.69) is 44.3 Å². The van der Waals surface area contributed by atoms with E-state index in [1.807, 2.05) is 0 Å². The molecule has 0 amide bonds. The van der Waals surface area contributed by atoms with E-state index in [9.17, 15) is 0 Å². The number of fused-ring (bicyclic) bond motifs is 1. The van der Waals surface area contributed by atoms with Gasteiger partial charge in [0.15, 0.2) is 0 Å². The van der Waals surface area contributed by atoms with Crippen molar-refractivity contribution in [2.45, 2.75) is 77.5 Å². The van der Waals surface area contributed by atoms with Gasteiger partial charge in [-0.3, -0.25) is 0 Å². The fraction of sp³-hybridized carbons (Fsp3) is 0.684. The molecular weight excluding hydrogens is 258 g/mol. The van der Waals surface area contributed by atoms with E-state index >= 15 is 0 Å². The number of rotatable bonds is 4. The van der Waals surface area contributed by atoms with Gasteiger partial charge in [0, 0.05) is 19.0 Å². The molecule has 1 aliphatic carbocycles. The van der Waals surface area contributed by atoms with Crippen molar-refractivity contribution in [1.82, 2.24) is 5.32 Å². The number of benzene rings is 1. The van der Waals surface area contributed by atoms with Gasteiger partial charge < -0.3 is 10.1 Å². The number of hydrogen-bond acceptors (Lipinski definition) is 2. The van der Waals surface area contributed by atoms with Crippen molar-refractivity contribution in [3.05, 3.63) is 29.3 Å². The summed E-state index contributed by atoms with van der Waals surface area (Å²) in [4.78, 5) is 0. The Morgan fingerprint density at radius 1 is 1.24 bits per heavy atom. The summed E-state index contributed by atoms with van der Waals surface area (Å²) in [5.41, 5.74) is 2.71. The van der Waals surface area contributed by atoms with E-state index < -0.39 is 0 Å². The third-order valence-electron chi connectivity index (χ3n) is 5.11. The van der Waals surface area contributed by atoms with Crippen molar-refractivity contribution in [2.75, 3.05) is 0 Å². The van der Waals surface area contributed by atoms with Gasteiger partial charge in [-0.05, 0) is 56.7 Å². The van der Waals surface area contributed by atoms with Crippen LogP contribution in [0.5, 0.6) is 5.75 Å². The molecule has 1 atom stereocenters. The first-order valence-electron chi connectivity index (χ1n) is 8.58. The largest absolute Gasteiger partial charge is 0.487 e. The van der Waals surface area contributed by atoms with Crippen LogP contribution in [0.3, 0.4) is 0 Å². The predicted molar refractivity (Wildman–Crippen MR) is 87.7 cm³/mol. The minimum atomic E-state index is -0.0379. The first kappa shape index (κ1) is 14.9. The zero-order valence-corrected chi connectivity index (χ0v) is 13.7. The monoisotopic (exact) mass is 287 g/mol. The van der Waals surface area contributed by atoms with E-state index in [-0.39, 0.29) is 5.60 Å². The lowest BCUT2D eigenvalue weighted by Gasteiger charge is -2.28. The van der Waals surface area contributed by atoms with Gasteiger partial charge >= 0.3 is 0 Å². The Morgan fingerprint density at radius 2 is 2.00 bits per heavy atom. The lowest BCUT2D eigenvalue weighted by molar-refractivity contribution is 0.138. The highest BCUT2D eigenvalue weighted by Crippen LogP contribution is 2.35. The molecular formula is C19H29NO. The Balaban J connectivity index is 1.56. The third kappa shape index (κ3) is 3.60. The highest BCUT2D eigenvalue weighted by atomic mass is 16.5. The zero-order valence-electron chi connectivity index (χ0n) is 13.7. The lowest BCUT2D eigenvalue weighted by Crippen LogP contribution is -2.34. The standard InChI is InChI=1S/C19H29NO/c1-14(16-7-5-4-6-8-16)20-13-15-9-10-18-17(11-15)12-19(2,3)21-18/h9-11,14,16,20H,4-8,12-13H2,1-3H3/t14-/m1/s1. The summed E-state index contributed by atoms with van der Waals surface area (Å²) in [5, 5.41) is 3.74. The summed E-state index contributed by atoms with van der Waals surface area (Å²) in [6, 6.07) is 7.31. The van der Waals surface area contributed by atoms with Crippen LogP contribution < -0.4 is 10.1 Å². The first-order valence-corrected chi connectivity index (χ1v) is 8.58. The Labute approximate surface area is 129 Å². The number of nitrogens with one attached hydrogen (secondary N) is 1. The van der Waals surface area contributed by atoms with Crippen LogP contribution in [0, 0.1) is 5.92 Å². The molecule has 1 saturated carbocycles. The van der Waals surface area contributed by atoms with Crippen molar-refractivity contribution in [3.63, 3.8) is 0 Å². The van der Waals surface area contributed by atoms with Gasteiger partial charge in [-0.25, -0.2) is 0 Å². The summed E-state index contributed by atoms with van der Waals surface area (Å²) in [6.07, 6.45) is 8.10. The molecule has 0 bridgehead atoms. The van der Waals surface area contributed by atoms with Gasteiger partial charge in [-0.15, -0.1) is 0 Å². The average molecular weight is 287 g/mol. The summed E-state index contributed by atoms with van der Waals surface area (Å²) in [6.45, 7) is 7.66. The van der Waals surface area contributed by atoms with E-state index in [1.54, 1.807) is 0 Å². The molecule has 3 rings (SSSR count). The molecule has 0 spiro atoms. The number of ether oxygens (including phenoxy) is 1. The number of hydrogen-bond donors (Lipinski definition) is 1. The van der Waals surface area contributed by atoms with Crippen molar-refractivity contribution in [2.24, 2.45) is 5.92 Å². The van der Waals surface area contributed by atoms with Crippen molar-refractivity contribution >= 4 is 0 Å². The maximum absolute atomic E-state index is 5.95. The highest BCUT2D eigenvalue weighted by Gasteiger charge is 2.29. The molecule has 0 aromatic heterocycles. The quantitative estimate of drug-likeness (QED) is 0.883.